The number of carbonyl (C=O) groups excluding carboxylic acids is 1. The van der Waals surface area contributed by atoms with E-state index in [-0.39, 0.29) is 18.7 Å². The molecular weight excluding hydrogens is 280 g/mol. The highest BCUT2D eigenvalue weighted by atomic mass is 16.6. The summed E-state index contributed by atoms with van der Waals surface area (Å²) in [5.74, 6) is 1.14. The standard InChI is InChI=1S/C17H34N2O3/c1-13(2)10-19-11-14(7-6-8-20)9-15(12-19)18-16(21)22-17(3,4)5/h13-15,20H,6-12H2,1-5H3,(H,18,21). The van der Waals surface area contributed by atoms with Crippen molar-refractivity contribution < 1.29 is 14.6 Å². The Kier molecular flexibility index (Phi) is 7.63. The maximum absolute atomic E-state index is 12.0. The highest BCUT2D eigenvalue weighted by Crippen LogP contribution is 2.22. The van der Waals surface area contributed by atoms with E-state index < -0.39 is 5.60 Å². The van der Waals surface area contributed by atoms with Gasteiger partial charge in [-0.05, 0) is 51.9 Å². The van der Waals surface area contributed by atoms with Crippen molar-refractivity contribution in [2.45, 2.75) is 65.5 Å². The molecule has 1 rings (SSSR count). The second-order valence-electron chi connectivity index (χ2n) is 7.92. The molecule has 130 valence electrons. The lowest BCUT2D eigenvalue weighted by atomic mass is 9.90. The van der Waals surface area contributed by atoms with Crippen LogP contribution in [0.3, 0.4) is 0 Å². The molecule has 0 saturated carbocycles. The quantitative estimate of drug-likeness (QED) is 0.791. The van der Waals surface area contributed by atoms with Gasteiger partial charge in [-0.3, -0.25) is 0 Å². The first kappa shape index (κ1) is 19.2. The fourth-order valence-corrected chi connectivity index (χ4v) is 3.14. The van der Waals surface area contributed by atoms with Crippen LogP contribution in [0.25, 0.3) is 0 Å². The Balaban J connectivity index is 2.57. The van der Waals surface area contributed by atoms with E-state index in [1.807, 2.05) is 20.8 Å². The molecule has 1 aliphatic heterocycles. The zero-order chi connectivity index (χ0) is 16.8. The highest BCUT2D eigenvalue weighted by Gasteiger charge is 2.29. The Morgan fingerprint density at radius 1 is 1.36 bits per heavy atom. The van der Waals surface area contributed by atoms with Crippen molar-refractivity contribution in [2.75, 3.05) is 26.2 Å². The highest BCUT2D eigenvalue weighted by molar-refractivity contribution is 5.68. The number of hydrogen-bond donors (Lipinski definition) is 2. The van der Waals surface area contributed by atoms with Gasteiger partial charge in [-0.25, -0.2) is 4.79 Å². The van der Waals surface area contributed by atoms with Crippen LogP contribution in [-0.4, -0.2) is 54.0 Å². The van der Waals surface area contributed by atoms with Gasteiger partial charge in [-0.1, -0.05) is 13.8 Å². The topological polar surface area (TPSA) is 61.8 Å². The van der Waals surface area contributed by atoms with Crippen molar-refractivity contribution in [1.29, 1.82) is 0 Å². The number of aliphatic hydroxyl groups is 1. The van der Waals surface area contributed by atoms with Gasteiger partial charge in [-0.15, -0.1) is 0 Å². The van der Waals surface area contributed by atoms with Gasteiger partial charge in [0.1, 0.15) is 5.60 Å². The molecule has 1 saturated heterocycles. The van der Waals surface area contributed by atoms with Gasteiger partial charge < -0.3 is 20.1 Å². The average Bonchev–Trinajstić information content (AvgIpc) is 2.32. The second kappa shape index (κ2) is 8.73. The number of likely N-dealkylation sites (tertiary alicyclic amines) is 1. The first-order valence-electron chi connectivity index (χ1n) is 8.52. The van der Waals surface area contributed by atoms with Crippen molar-refractivity contribution in [3.8, 4) is 0 Å². The maximum atomic E-state index is 12.0. The zero-order valence-electron chi connectivity index (χ0n) is 14.9. The molecular formula is C17H34N2O3. The van der Waals surface area contributed by atoms with Gasteiger partial charge in [0.25, 0.3) is 0 Å². The molecule has 22 heavy (non-hydrogen) atoms. The predicted molar refractivity (Wildman–Crippen MR) is 88.9 cm³/mol. The Hall–Kier alpha value is -0.810. The third-order valence-corrected chi connectivity index (χ3v) is 3.73. The molecule has 0 aromatic heterocycles. The molecule has 1 heterocycles. The van der Waals surface area contributed by atoms with E-state index in [9.17, 15) is 4.79 Å². The number of alkyl carbamates (subject to hydrolysis) is 1. The van der Waals surface area contributed by atoms with Gasteiger partial charge in [0, 0.05) is 32.3 Å². The van der Waals surface area contributed by atoms with Crippen LogP contribution in [-0.2, 0) is 4.74 Å². The Labute approximate surface area is 135 Å². The van der Waals surface area contributed by atoms with E-state index in [0.29, 0.717) is 11.8 Å². The van der Waals surface area contributed by atoms with E-state index in [1.165, 1.54) is 0 Å². The molecule has 2 unspecified atom stereocenters. The number of nitrogens with one attached hydrogen (secondary N) is 1. The van der Waals surface area contributed by atoms with Crippen LogP contribution in [0.2, 0.25) is 0 Å². The summed E-state index contributed by atoms with van der Waals surface area (Å²) in [6, 6.07) is 0.131. The number of amides is 1. The van der Waals surface area contributed by atoms with Gasteiger partial charge in [0.15, 0.2) is 0 Å². The fourth-order valence-electron chi connectivity index (χ4n) is 3.14. The molecule has 1 fully saturated rings. The second-order valence-corrected chi connectivity index (χ2v) is 7.92. The van der Waals surface area contributed by atoms with Crippen LogP contribution in [0, 0.1) is 11.8 Å². The minimum atomic E-state index is -0.466. The largest absolute Gasteiger partial charge is 0.444 e. The fraction of sp³-hybridized carbons (Fsp3) is 0.941. The molecule has 0 radical (unpaired) electrons. The molecule has 2 N–H and O–H groups in total. The third-order valence-electron chi connectivity index (χ3n) is 3.73. The Bertz CT molecular complexity index is 339. The number of rotatable bonds is 6. The van der Waals surface area contributed by atoms with Crippen LogP contribution in [0.5, 0.6) is 0 Å². The number of aliphatic hydroxyl groups excluding tert-OH is 1. The molecule has 0 spiro atoms. The van der Waals surface area contributed by atoms with E-state index in [0.717, 1.165) is 38.9 Å². The van der Waals surface area contributed by atoms with Crippen molar-refractivity contribution >= 4 is 6.09 Å². The summed E-state index contributed by atoms with van der Waals surface area (Å²) in [5, 5.41) is 12.1. The van der Waals surface area contributed by atoms with Crippen LogP contribution in [0.4, 0.5) is 4.79 Å². The number of nitrogens with zero attached hydrogens (tertiary/aromatic N) is 1. The van der Waals surface area contributed by atoms with Crippen molar-refractivity contribution in [2.24, 2.45) is 11.8 Å². The Morgan fingerprint density at radius 3 is 2.59 bits per heavy atom. The van der Waals surface area contributed by atoms with Gasteiger partial charge >= 0.3 is 6.09 Å². The van der Waals surface area contributed by atoms with Crippen molar-refractivity contribution in [3.05, 3.63) is 0 Å². The molecule has 0 aromatic rings. The minimum Gasteiger partial charge on any atom is -0.444 e. The van der Waals surface area contributed by atoms with E-state index >= 15 is 0 Å². The summed E-state index contributed by atoms with van der Waals surface area (Å²) in [6.45, 7) is 13.3. The normalized spacial score (nSPS) is 23.6. The van der Waals surface area contributed by atoms with E-state index in [1.54, 1.807) is 0 Å². The lowest BCUT2D eigenvalue weighted by Gasteiger charge is -2.39. The number of piperidine rings is 1. The van der Waals surface area contributed by atoms with Crippen LogP contribution in [0.15, 0.2) is 0 Å². The monoisotopic (exact) mass is 314 g/mol. The lowest BCUT2D eigenvalue weighted by Crippen LogP contribution is -2.52. The van der Waals surface area contributed by atoms with Gasteiger partial charge in [0.05, 0.1) is 0 Å². The summed E-state index contributed by atoms with van der Waals surface area (Å²) in [6.07, 6.45) is 2.48. The molecule has 0 aliphatic carbocycles. The SMILES string of the molecule is CC(C)CN1CC(CCCO)CC(NC(=O)OC(C)(C)C)C1. The molecule has 2 atom stereocenters. The summed E-state index contributed by atoms with van der Waals surface area (Å²) >= 11 is 0. The lowest BCUT2D eigenvalue weighted by molar-refractivity contribution is 0.0436. The summed E-state index contributed by atoms with van der Waals surface area (Å²) in [7, 11) is 0. The van der Waals surface area contributed by atoms with Crippen LogP contribution in [0.1, 0.15) is 53.9 Å². The molecule has 5 heteroatoms. The van der Waals surface area contributed by atoms with Crippen LogP contribution >= 0.6 is 0 Å². The van der Waals surface area contributed by atoms with Crippen molar-refractivity contribution in [3.63, 3.8) is 0 Å². The van der Waals surface area contributed by atoms with Crippen LogP contribution < -0.4 is 5.32 Å². The zero-order valence-corrected chi connectivity index (χ0v) is 14.9. The maximum Gasteiger partial charge on any atom is 0.407 e. The smallest absolute Gasteiger partial charge is 0.407 e. The van der Waals surface area contributed by atoms with Crippen molar-refractivity contribution in [1.82, 2.24) is 10.2 Å². The third kappa shape index (κ3) is 7.99. The summed E-state index contributed by atoms with van der Waals surface area (Å²) in [5.41, 5.74) is -0.466. The Morgan fingerprint density at radius 2 is 2.05 bits per heavy atom. The number of hydrogen-bond acceptors (Lipinski definition) is 4. The predicted octanol–water partition coefficient (Wildman–Crippen LogP) is 2.63. The first-order valence-corrected chi connectivity index (χ1v) is 8.52. The molecule has 0 aromatic carbocycles. The number of carbonyl (C=O) groups is 1. The average molecular weight is 314 g/mol. The molecule has 1 aliphatic rings. The minimum absolute atomic E-state index is 0.131. The summed E-state index contributed by atoms with van der Waals surface area (Å²) in [4.78, 5) is 14.4. The molecule has 1 amide bonds. The van der Waals surface area contributed by atoms with E-state index in [4.69, 9.17) is 9.84 Å². The van der Waals surface area contributed by atoms with Gasteiger partial charge in [0.2, 0.25) is 0 Å². The molecule has 0 bridgehead atoms. The summed E-state index contributed by atoms with van der Waals surface area (Å²) < 4.78 is 5.36. The first-order chi connectivity index (χ1) is 10.2. The van der Waals surface area contributed by atoms with Gasteiger partial charge in [-0.2, -0.15) is 0 Å². The van der Waals surface area contributed by atoms with E-state index in [2.05, 4.69) is 24.1 Å². The molecule has 5 nitrogen and oxygen atoms in total. The number of ether oxygens (including phenoxy) is 1.